The van der Waals surface area contributed by atoms with Crippen molar-refractivity contribution in [2.75, 3.05) is 38.6 Å². The lowest BCUT2D eigenvalue weighted by Gasteiger charge is -2.33. The summed E-state index contributed by atoms with van der Waals surface area (Å²) in [4.78, 5) is 1.85. The van der Waals surface area contributed by atoms with E-state index >= 15 is 0 Å². The third kappa shape index (κ3) is 3.25. The molecule has 0 N–H and O–H groups in total. The Balaban J connectivity index is 2.12. The first-order valence-electron chi connectivity index (χ1n) is 6.08. The molecule has 4 nitrogen and oxygen atoms in total. The van der Waals surface area contributed by atoms with E-state index in [1.54, 1.807) is 0 Å². The van der Waals surface area contributed by atoms with Crippen LogP contribution in [0.3, 0.4) is 0 Å². The van der Waals surface area contributed by atoms with Crippen LogP contribution in [0.4, 0.5) is 4.39 Å². The molecular weight excluding hydrogens is 291 g/mol. The molecular formula is C12H16ClFN2O2S. The predicted octanol–water partition coefficient (Wildman–Crippen LogP) is 1.37. The zero-order valence-corrected chi connectivity index (χ0v) is 12.0. The topological polar surface area (TPSA) is 40.6 Å². The Morgan fingerprint density at radius 1 is 1.16 bits per heavy atom. The number of halogens is 2. The minimum atomic E-state index is -3.73. The first kappa shape index (κ1) is 14.7. The van der Waals surface area contributed by atoms with Gasteiger partial charge in [0.1, 0.15) is 10.7 Å². The monoisotopic (exact) mass is 306 g/mol. The molecule has 2 rings (SSSR count). The van der Waals surface area contributed by atoms with Gasteiger partial charge >= 0.3 is 0 Å². The van der Waals surface area contributed by atoms with Crippen LogP contribution >= 0.6 is 11.6 Å². The normalized spacial score (nSPS) is 18.6. The number of hydrogen-bond donors (Lipinski definition) is 0. The Morgan fingerprint density at radius 2 is 1.79 bits per heavy atom. The van der Waals surface area contributed by atoms with Crippen LogP contribution in [-0.2, 0) is 10.0 Å². The molecule has 0 amide bonds. The van der Waals surface area contributed by atoms with Crippen molar-refractivity contribution in [1.29, 1.82) is 0 Å². The van der Waals surface area contributed by atoms with E-state index in [2.05, 4.69) is 4.90 Å². The van der Waals surface area contributed by atoms with Crippen molar-refractivity contribution in [1.82, 2.24) is 9.21 Å². The lowest BCUT2D eigenvalue weighted by molar-refractivity contribution is 0.197. The second-order valence-electron chi connectivity index (χ2n) is 4.37. The molecule has 0 unspecified atom stereocenters. The maximum atomic E-state index is 13.6. The molecule has 0 atom stereocenters. The predicted molar refractivity (Wildman–Crippen MR) is 72.3 cm³/mol. The van der Waals surface area contributed by atoms with Crippen LogP contribution in [0.1, 0.15) is 0 Å². The SMILES string of the molecule is O=S(=O)(c1ccccc1F)N1CCN(CCCl)CC1. The minimum absolute atomic E-state index is 0.249. The fourth-order valence-electron chi connectivity index (χ4n) is 2.11. The van der Waals surface area contributed by atoms with E-state index in [1.165, 1.54) is 22.5 Å². The molecule has 0 aliphatic carbocycles. The lowest BCUT2D eigenvalue weighted by atomic mass is 10.3. The Bertz CT molecular complexity index is 530. The third-order valence-corrected chi connectivity index (χ3v) is 5.29. The molecule has 0 spiro atoms. The van der Waals surface area contributed by atoms with Gasteiger partial charge in [-0.2, -0.15) is 4.31 Å². The van der Waals surface area contributed by atoms with Crippen LogP contribution in [0.15, 0.2) is 29.2 Å². The summed E-state index contributed by atoms with van der Waals surface area (Å²) in [6.07, 6.45) is 0. The summed E-state index contributed by atoms with van der Waals surface area (Å²) in [5.74, 6) is -0.175. The summed E-state index contributed by atoms with van der Waals surface area (Å²) >= 11 is 5.65. The van der Waals surface area contributed by atoms with Crippen LogP contribution in [0, 0.1) is 5.82 Å². The summed E-state index contributed by atoms with van der Waals surface area (Å²) in [6, 6.07) is 5.47. The Morgan fingerprint density at radius 3 is 2.37 bits per heavy atom. The molecule has 1 saturated heterocycles. The number of rotatable bonds is 4. The summed E-state index contributed by atoms with van der Waals surface area (Å²) in [6.45, 7) is 2.73. The van der Waals surface area contributed by atoms with E-state index in [0.717, 1.165) is 12.6 Å². The number of piperazine rings is 1. The van der Waals surface area contributed by atoms with E-state index in [9.17, 15) is 12.8 Å². The maximum absolute atomic E-state index is 13.6. The molecule has 1 heterocycles. The number of nitrogens with zero attached hydrogens (tertiary/aromatic N) is 2. The Kier molecular flexibility index (Phi) is 4.78. The highest BCUT2D eigenvalue weighted by atomic mass is 35.5. The van der Waals surface area contributed by atoms with Crippen molar-refractivity contribution in [3.63, 3.8) is 0 Å². The maximum Gasteiger partial charge on any atom is 0.246 e. The second kappa shape index (κ2) is 6.17. The average molecular weight is 307 g/mol. The highest BCUT2D eigenvalue weighted by Gasteiger charge is 2.30. The lowest BCUT2D eigenvalue weighted by Crippen LogP contribution is -2.49. The fourth-order valence-corrected chi connectivity index (χ4v) is 3.83. The minimum Gasteiger partial charge on any atom is -0.300 e. The molecule has 0 radical (unpaired) electrons. The van der Waals surface area contributed by atoms with Gasteiger partial charge < -0.3 is 0 Å². The fraction of sp³-hybridized carbons (Fsp3) is 0.500. The van der Waals surface area contributed by atoms with Gasteiger partial charge in [-0.25, -0.2) is 12.8 Å². The molecule has 0 aromatic heterocycles. The van der Waals surface area contributed by atoms with E-state index in [1.807, 2.05) is 0 Å². The van der Waals surface area contributed by atoms with Gasteiger partial charge in [0, 0.05) is 38.6 Å². The Labute approximate surface area is 117 Å². The molecule has 0 saturated carbocycles. The second-order valence-corrected chi connectivity index (χ2v) is 6.65. The average Bonchev–Trinajstić information content (AvgIpc) is 2.40. The van der Waals surface area contributed by atoms with Crippen LogP contribution in [-0.4, -0.2) is 56.2 Å². The van der Waals surface area contributed by atoms with E-state index in [-0.39, 0.29) is 4.90 Å². The van der Waals surface area contributed by atoms with Crippen molar-refractivity contribution in [3.8, 4) is 0 Å². The standard InChI is InChI=1S/C12H16ClFN2O2S/c13-5-6-15-7-9-16(10-8-15)19(17,18)12-4-2-1-3-11(12)14/h1-4H,5-10H2. The van der Waals surface area contributed by atoms with Crippen LogP contribution in [0.5, 0.6) is 0 Å². The quantitative estimate of drug-likeness (QED) is 0.789. The van der Waals surface area contributed by atoms with Crippen molar-refractivity contribution < 1.29 is 12.8 Å². The largest absolute Gasteiger partial charge is 0.300 e. The number of benzene rings is 1. The first-order chi connectivity index (χ1) is 9.05. The summed E-state index contributed by atoms with van der Waals surface area (Å²) in [7, 11) is -3.73. The van der Waals surface area contributed by atoms with E-state index in [0.29, 0.717) is 32.1 Å². The first-order valence-corrected chi connectivity index (χ1v) is 8.06. The molecule has 1 aliphatic rings. The van der Waals surface area contributed by atoms with Crippen molar-refractivity contribution >= 4 is 21.6 Å². The van der Waals surface area contributed by atoms with Crippen molar-refractivity contribution in [2.24, 2.45) is 0 Å². The molecule has 1 aromatic carbocycles. The smallest absolute Gasteiger partial charge is 0.246 e. The number of alkyl halides is 1. The molecule has 106 valence electrons. The molecule has 0 bridgehead atoms. The Hall–Kier alpha value is -0.690. The highest BCUT2D eigenvalue weighted by molar-refractivity contribution is 7.89. The summed E-state index contributed by atoms with van der Waals surface area (Å²) < 4.78 is 39.6. The number of sulfonamides is 1. The molecule has 7 heteroatoms. The van der Waals surface area contributed by atoms with Crippen LogP contribution in [0.2, 0.25) is 0 Å². The van der Waals surface area contributed by atoms with Gasteiger partial charge in [0.2, 0.25) is 10.0 Å². The summed E-state index contributed by atoms with van der Waals surface area (Å²) in [5, 5.41) is 0. The van der Waals surface area contributed by atoms with Gasteiger partial charge in [-0.3, -0.25) is 4.90 Å². The van der Waals surface area contributed by atoms with E-state index < -0.39 is 15.8 Å². The summed E-state index contributed by atoms with van der Waals surface area (Å²) in [5.41, 5.74) is 0. The van der Waals surface area contributed by atoms with Gasteiger partial charge in [-0.05, 0) is 12.1 Å². The van der Waals surface area contributed by atoms with Crippen LogP contribution in [0.25, 0.3) is 0 Å². The molecule has 1 aromatic rings. The van der Waals surface area contributed by atoms with Gasteiger partial charge in [-0.15, -0.1) is 11.6 Å². The van der Waals surface area contributed by atoms with Gasteiger partial charge in [-0.1, -0.05) is 12.1 Å². The van der Waals surface area contributed by atoms with Gasteiger partial charge in [0.25, 0.3) is 0 Å². The zero-order chi connectivity index (χ0) is 13.9. The van der Waals surface area contributed by atoms with Crippen molar-refractivity contribution in [3.05, 3.63) is 30.1 Å². The van der Waals surface area contributed by atoms with Crippen molar-refractivity contribution in [2.45, 2.75) is 4.90 Å². The zero-order valence-electron chi connectivity index (χ0n) is 10.4. The number of hydrogen-bond acceptors (Lipinski definition) is 3. The molecule has 1 aliphatic heterocycles. The molecule has 19 heavy (non-hydrogen) atoms. The van der Waals surface area contributed by atoms with Crippen LogP contribution < -0.4 is 0 Å². The van der Waals surface area contributed by atoms with Gasteiger partial charge in [0.05, 0.1) is 0 Å². The van der Waals surface area contributed by atoms with Gasteiger partial charge in [0.15, 0.2) is 0 Å². The third-order valence-electron chi connectivity index (χ3n) is 3.19. The highest BCUT2D eigenvalue weighted by Crippen LogP contribution is 2.20. The van der Waals surface area contributed by atoms with E-state index in [4.69, 9.17) is 11.6 Å². The molecule has 1 fully saturated rings.